The summed E-state index contributed by atoms with van der Waals surface area (Å²) in [5.74, 6) is 2.44. The van der Waals surface area contributed by atoms with Gasteiger partial charge in [0.1, 0.15) is 12.4 Å². The molecule has 0 atom stereocenters. The first-order valence-electron chi connectivity index (χ1n) is 17.1. The van der Waals surface area contributed by atoms with Crippen LogP contribution in [0.5, 0.6) is 0 Å². The van der Waals surface area contributed by atoms with E-state index in [2.05, 4.69) is 41.7 Å². The van der Waals surface area contributed by atoms with Crippen molar-refractivity contribution in [2.75, 3.05) is 40.9 Å². The van der Waals surface area contributed by atoms with E-state index in [0.717, 1.165) is 47.3 Å². The van der Waals surface area contributed by atoms with Gasteiger partial charge in [0.05, 0.1) is 41.4 Å². The molecule has 2 aliphatic carbocycles. The number of rotatable bonds is 11. The average Bonchev–Trinajstić information content (AvgIpc) is 3.96. The predicted octanol–water partition coefficient (Wildman–Crippen LogP) is 7.40. The van der Waals surface area contributed by atoms with Crippen LogP contribution in [0.15, 0.2) is 36.7 Å². The Kier molecular flexibility index (Phi) is 8.43. The first-order valence-corrected chi connectivity index (χ1v) is 17.1. The summed E-state index contributed by atoms with van der Waals surface area (Å²) in [7, 11) is 0. The maximum Gasteiger partial charge on any atom is 0.416 e. The molecule has 49 heavy (non-hydrogen) atoms. The van der Waals surface area contributed by atoms with Crippen molar-refractivity contribution in [3.8, 4) is 0 Å². The van der Waals surface area contributed by atoms with Crippen LogP contribution in [0.3, 0.4) is 0 Å². The van der Waals surface area contributed by atoms with Crippen molar-refractivity contribution in [3.05, 3.63) is 64.6 Å². The highest BCUT2D eigenvalue weighted by Crippen LogP contribution is 2.39. The summed E-state index contributed by atoms with van der Waals surface area (Å²) < 4.78 is 48.8. The SMILES string of the molecule is Cc1cc(CN(Cc2cc3c(C)nn(C(C)(C)C)c3nc2N(CC2CC2)CC2CC2)c2ncc(N3CCOC3=O)cn2)cc(C(F)(F)F)c1. The number of ether oxygens (including phenoxy) is 1. The lowest BCUT2D eigenvalue weighted by Gasteiger charge is -2.30. The molecule has 0 bridgehead atoms. The van der Waals surface area contributed by atoms with Gasteiger partial charge in [-0.2, -0.15) is 18.3 Å². The van der Waals surface area contributed by atoms with E-state index in [1.165, 1.54) is 36.6 Å². The topological polar surface area (TPSA) is 92.5 Å². The Morgan fingerprint density at radius 2 is 1.59 bits per heavy atom. The third-order valence-electron chi connectivity index (χ3n) is 9.36. The molecule has 260 valence electrons. The molecule has 0 N–H and O–H groups in total. The van der Waals surface area contributed by atoms with Gasteiger partial charge in [0, 0.05) is 37.1 Å². The maximum absolute atomic E-state index is 13.9. The van der Waals surface area contributed by atoms with Crippen LogP contribution in [0, 0.1) is 25.7 Å². The van der Waals surface area contributed by atoms with Crippen molar-refractivity contribution in [2.45, 2.75) is 85.1 Å². The van der Waals surface area contributed by atoms with E-state index in [1.807, 2.05) is 16.5 Å². The molecule has 1 saturated heterocycles. The molecule has 3 fully saturated rings. The lowest BCUT2D eigenvalue weighted by Crippen LogP contribution is -2.32. The number of hydrogen-bond acceptors (Lipinski definition) is 8. The van der Waals surface area contributed by atoms with Crippen molar-refractivity contribution < 1.29 is 22.7 Å². The standard InChI is InChI=1S/C36H43F3N8O2/c1-22-12-26(14-28(13-22)36(37,38)39)20-45(33-40-16-29(17-41-33)46-10-11-49-34(46)48)21-27-15-30-23(2)43-47(35(3,4)5)32(30)42-31(27)44(18-24-6-7-24)19-25-8-9-25/h12-17,24-25H,6-11,18-21H2,1-5H3. The Balaban J connectivity index is 1.33. The molecule has 2 saturated carbocycles. The molecule has 13 heteroatoms. The van der Waals surface area contributed by atoms with Gasteiger partial charge in [-0.1, -0.05) is 11.6 Å². The number of hydrogen-bond donors (Lipinski definition) is 0. The molecule has 0 unspecified atom stereocenters. The summed E-state index contributed by atoms with van der Waals surface area (Å²) in [6, 6.07) is 6.27. The van der Waals surface area contributed by atoms with Gasteiger partial charge in [0.2, 0.25) is 5.95 Å². The molecule has 1 aromatic carbocycles. The monoisotopic (exact) mass is 676 g/mol. The van der Waals surface area contributed by atoms with Crippen molar-refractivity contribution >= 4 is 34.6 Å². The zero-order chi connectivity index (χ0) is 34.7. The minimum atomic E-state index is -4.48. The van der Waals surface area contributed by atoms with Crippen LogP contribution in [0.2, 0.25) is 0 Å². The molecule has 3 aliphatic rings. The molecule has 1 aliphatic heterocycles. The summed E-state index contributed by atoms with van der Waals surface area (Å²) in [4.78, 5) is 32.6. The summed E-state index contributed by atoms with van der Waals surface area (Å²) in [5.41, 5.74) is 3.13. The number of carbonyl (C=O) groups excluding carboxylic acids is 1. The van der Waals surface area contributed by atoms with Crippen LogP contribution in [0.25, 0.3) is 11.0 Å². The van der Waals surface area contributed by atoms with Gasteiger partial charge in [-0.3, -0.25) is 4.90 Å². The summed E-state index contributed by atoms with van der Waals surface area (Å²) in [5, 5.41) is 5.83. The number of amides is 1. The first kappa shape index (κ1) is 33.1. The fourth-order valence-electron chi connectivity index (χ4n) is 6.53. The Hall–Kier alpha value is -4.42. The molecule has 4 heterocycles. The van der Waals surface area contributed by atoms with E-state index in [1.54, 1.807) is 25.4 Å². The van der Waals surface area contributed by atoms with Crippen molar-refractivity contribution in [1.82, 2.24) is 24.7 Å². The van der Waals surface area contributed by atoms with E-state index in [9.17, 15) is 18.0 Å². The Morgan fingerprint density at radius 1 is 0.918 bits per heavy atom. The van der Waals surface area contributed by atoms with Gasteiger partial charge in [0.25, 0.3) is 0 Å². The molecular formula is C36H43F3N8O2. The Bertz CT molecular complexity index is 1850. The number of cyclic esters (lactones) is 1. The Labute approximate surface area is 284 Å². The fraction of sp³-hybridized carbons (Fsp3) is 0.528. The highest BCUT2D eigenvalue weighted by molar-refractivity contribution is 5.89. The highest BCUT2D eigenvalue weighted by atomic mass is 19.4. The van der Waals surface area contributed by atoms with E-state index >= 15 is 0 Å². The number of fused-ring (bicyclic) bond motifs is 1. The van der Waals surface area contributed by atoms with E-state index in [0.29, 0.717) is 47.7 Å². The average molecular weight is 677 g/mol. The second kappa shape index (κ2) is 12.5. The minimum absolute atomic E-state index is 0.124. The van der Waals surface area contributed by atoms with Crippen LogP contribution in [-0.2, 0) is 29.5 Å². The molecular weight excluding hydrogens is 633 g/mol. The molecule has 1 amide bonds. The normalized spacial score (nSPS) is 16.8. The van der Waals surface area contributed by atoms with Crippen LogP contribution in [0.4, 0.5) is 35.4 Å². The van der Waals surface area contributed by atoms with E-state index in [4.69, 9.17) is 14.8 Å². The van der Waals surface area contributed by atoms with Gasteiger partial charge in [-0.15, -0.1) is 0 Å². The van der Waals surface area contributed by atoms with E-state index in [-0.39, 0.29) is 18.7 Å². The van der Waals surface area contributed by atoms with Crippen molar-refractivity contribution in [1.29, 1.82) is 0 Å². The molecule has 3 aromatic heterocycles. The smallest absolute Gasteiger partial charge is 0.416 e. The second-order valence-electron chi connectivity index (χ2n) is 14.9. The molecule has 7 rings (SSSR count). The van der Waals surface area contributed by atoms with Gasteiger partial charge in [-0.25, -0.2) is 24.4 Å². The van der Waals surface area contributed by atoms with Crippen molar-refractivity contribution in [2.24, 2.45) is 11.8 Å². The largest absolute Gasteiger partial charge is 0.447 e. The number of carbonyl (C=O) groups is 1. The van der Waals surface area contributed by atoms with E-state index < -0.39 is 17.8 Å². The highest BCUT2D eigenvalue weighted by Gasteiger charge is 2.34. The molecule has 4 aromatic rings. The quantitative estimate of drug-likeness (QED) is 0.162. The van der Waals surface area contributed by atoms with Crippen LogP contribution < -0.4 is 14.7 Å². The molecule has 0 radical (unpaired) electrons. The number of alkyl halides is 3. The van der Waals surface area contributed by atoms with Gasteiger partial charge in [-0.05, 0) is 95.9 Å². The molecule has 10 nitrogen and oxygen atoms in total. The zero-order valence-corrected chi connectivity index (χ0v) is 28.7. The van der Waals surface area contributed by atoms with Gasteiger partial charge < -0.3 is 14.5 Å². The lowest BCUT2D eigenvalue weighted by molar-refractivity contribution is -0.137. The summed E-state index contributed by atoms with van der Waals surface area (Å²) in [6.07, 6.45) is 2.97. The minimum Gasteiger partial charge on any atom is -0.447 e. The zero-order valence-electron chi connectivity index (χ0n) is 28.7. The number of aromatic nitrogens is 5. The van der Waals surface area contributed by atoms with Gasteiger partial charge >= 0.3 is 12.3 Å². The van der Waals surface area contributed by atoms with Crippen LogP contribution in [-0.4, -0.2) is 57.1 Å². The number of anilines is 3. The maximum atomic E-state index is 13.9. The predicted molar refractivity (Wildman–Crippen MR) is 182 cm³/mol. The molecule has 0 spiro atoms. The summed E-state index contributed by atoms with van der Waals surface area (Å²) >= 11 is 0. The van der Waals surface area contributed by atoms with Gasteiger partial charge in [0.15, 0.2) is 5.65 Å². The van der Waals surface area contributed by atoms with Crippen molar-refractivity contribution in [3.63, 3.8) is 0 Å². The second-order valence-corrected chi connectivity index (χ2v) is 14.9. The number of nitrogens with zero attached hydrogens (tertiary/aromatic N) is 8. The first-order chi connectivity index (χ1) is 23.2. The number of halogens is 3. The van der Waals surface area contributed by atoms with Crippen LogP contribution in [0.1, 0.15) is 74.4 Å². The third kappa shape index (κ3) is 7.30. The lowest BCUT2D eigenvalue weighted by atomic mass is 10.1. The fourth-order valence-corrected chi connectivity index (χ4v) is 6.53. The number of benzene rings is 1. The third-order valence-corrected chi connectivity index (χ3v) is 9.36. The summed E-state index contributed by atoms with van der Waals surface area (Å²) in [6.45, 7) is 12.9. The Morgan fingerprint density at radius 3 is 2.16 bits per heavy atom. The number of pyridine rings is 1. The van der Waals surface area contributed by atoms with Crippen LogP contribution >= 0.6 is 0 Å². The number of aryl methyl sites for hydroxylation is 2.